The summed E-state index contributed by atoms with van der Waals surface area (Å²) >= 11 is 6.18. The highest BCUT2D eigenvalue weighted by molar-refractivity contribution is 6.33. The molecule has 1 aromatic carbocycles. The van der Waals surface area contributed by atoms with Crippen molar-refractivity contribution in [3.63, 3.8) is 0 Å². The molecule has 23 heavy (non-hydrogen) atoms. The Morgan fingerprint density at radius 2 is 2.26 bits per heavy atom. The molecule has 3 N–H and O–H groups in total. The molecule has 1 fully saturated rings. The second-order valence-electron chi connectivity index (χ2n) is 5.94. The van der Waals surface area contributed by atoms with E-state index < -0.39 is 0 Å². The number of aryl methyl sites for hydroxylation is 1. The van der Waals surface area contributed by atoms with Crippen LogP contribution in [0.5, 0.6) is 11.5 Å². The van der Waals surface area contributed by atoms with Crippen molar-refractivity contribution in [3.05, 3.63) is 22.2 Å². The maximum absolute atomic E-state index is 12.6. The van der Waals surface area contributed by atoms with Crippen LogP contribution in [-0.4, -0.2) is 43.8 Å². The average molecular weight is 342 g/mol. The number of hydrogen-bond donors (Lipinski definition) is 3. The second-order valence-corrected chi connectivity index (χ2v) is 6.35. The fraction of sp³-hybridized carbons (Fsp3) is 0.588. The van der Waals surface area contributed by atoms with Crippen molar-refractivity contribution in [2.75, 3.05) is 26.7 Å². The molecule has 1 unspecified atom stereocenters. The van der Waals surface area contributed by atoms with Crippen LogP contribution < -0.4 is 15.0 Å². The van der Waals surface area contributed by atoms with Gasteiger partial charge in [-0.05, 0) is 25.0 Å². The molecule has 1 saturated heterocycles. The second kappa shape index (κ2) is 7.88. The fourth-order valence-corrected chi connectivity index (χ4v) is 3.66. The number of phenols is 1. The van der Waals surface area contributed by atoms with E-state index in [0.717, 1.165) is 19.5 Å². The minimum Gasteiger partial charge on any atom is -0.507 e. The topological polar surface area (TPSA) is 63.0 Å². The number of carbonyl (C=O) groups is 1. The Labute approximate surface area is 142 Å². The minimum absolute atomic E-state index is 0.0441. The van der Waals surface area contributed by atoms with E-state index in [4.69, 9.17) is 16.3 Å². The molecule has 6 heteroatoms. The number of phenolic OH excluding ortho intramolecular Hbond substituents is 1. The van der Waals surface area contributed by atoms with Gasteiger partial charge in [0, 0.05) is 12.8 Å². The summed E-state index contributed by atoms with van der Waals surface area (Å²) in [6.07, 6.45) is 2.89. The normalized spacial score (nSPS) is 20.5. The summed E-state index contributed by atoms with van der Waals surface area (Å²) in [6, 6.07) is 2.08. The third-order valence-corrected chi connectivity index (χ3v) is 4.97. The van der Waals surface area contributed by atoms with Crippen molar-refractivity contribution in [3.8, 4) is 11.5 Å². The first kappa shape index (κ1) is 17.9. The summed E-state index contributed by atoms with van der Waals surface area (Å²) < 4.78 is 5.23. The number of likely N-dealkylation sites (N-methyl/N-ethyl adjacent to an activating group) is 1. The van der Waals surface area contributed by atoms with Gasteiger partial charge in [0.1, 0.15) is 17.4 Å². The zero-order valence-corrected chi connectivity index (χ0v) is 14.8. The number of aromatic hydroxyl groups is 1. The molecule has 0 saturated carbocycles. The zero-order chi connectivity index (χ0) is 17.0. The number of nitrogens with one attached hydrogen (secondary N) is 2. The number of rotatable bonds is 6. The summed E-state index contributed by atoms with van der Waals surface area (Å²) in [5, 5.41) is 13.7. The van der Waals surface area contributed by atoms with E-state index in [1.54, 1.807) is 6.07 Å². The van der Waals surface area contributed by atoms with Crippen LogP contribution in [0.1, 0.15) is 42.6 Å². The Bertz CT molecular complexity index is 577. The van der Waals surface area contributed by atoms with E-state index in [9.17, 15) is 9.90 Å². The quantitative estimate of drug-likeness (QED) is 0.733. The van der Waals surface area contributed by atoms with Crippen LogP contribution in [0.4, 0.5) is 0 Å². The van der Waals surface area contributed by atoms with Gasteiger partial charge in [0.15, 0.2) is 5.75 Å². The van der Waals surface area contributed by atoms with Crippen molar-refractivity contribution in [1.29, 1.82) is 0 Å². The molecular weight excluding hydrogens is 316 g/mol. The first-order valence-electron chi connectivity index (χ1n) is 8.24. The predicted octanol–water partition coefficient (Wildman–Crippen LogP) is 1.41. The minimum atomic E-state index is -0.334. The van der Waals surface area contributed by atoms with Crippen molar-refractivity contribution >= 4 is 17.5 Å². The number of halogens is 1. The summed E-state index contributed by atoms with van der Waals surface area (Å²) in [6.45, 7) is 6.88. The van der Waals surface area contributed by atoms with Crippen molar-refractivity contribution in [2.45, 2.75) is 39.2 Å². The van der Waals surface area contributed by atoms with Gasteiger partial charge >= 0.3 is 0 Å². The molecule has 0 aromatic heterocycles. The van der Waals surface area contributed by atoms with Gasteiger partial charge in [-0.15, -0.1) is 0 Å². The first-order valence-corrected chi connectivity index (χ1v) is 8.62. The van der Waals surface area contributed by atoms with Crippen LogP contribution in [0.3, 0.4) is 0 Å². The Balaban J connectivity index is 2.19. The molecule has 5 nitrogen and oxygen atoms in total. The van der Waals surface area contributed by atoms with Gasteiger partial charge in [0.25, 0.3) is 5.91 Å². The summed E-state index contributed by atoms with van der Waals surface area (Å²) in [4.78, 5) is 14.1. The van der Waals surface area contributed by atoms with Gasteiger partial charge in [-0.2, -0.15) is 0 Å². The number of ether oxygens (including phenoxy) is 1. The lowest BCUT2D eigenvalue weighted by Gasteiger charge is -2.21. The number of quaternary nitrogens is 1. The Hall–Kier alpha value is -1.46. The van der Waals surface area contributed by atoms with Crippen LogP contribution in [0.25, 0.3) is 0 Å². The highest BCUT2D eigenvalue weighted by Crippen LogP contribution is 2.38. The van der Waals surface area contributed by atoms with Crippen LogP contribution in [-0.2, 0) is 6.42 Å². The lowest BCUT2D eigenvalue weighted by Crippen LogP contribution is -3.14. The third-order valence-electron chi connectivity index (χ3n) is 4.69. The smallest absolute Gasteiger partial charge is 0.259 e. The summed E-state index contributed by atoms with van der Waals surface area (Å²) in [7, 11) is 1.45. The van der Waals surface area contributed by atoms with E-state index in [0.29, 0.717) is 29.6 Å². The van der Waals surface area contributed by atoms with E-state index in [-0.39, 0.29) is 23.0 Å². The average Bonchev–Trinajstić information content (AvgIpc) is 3.01. The first-order chi connectivity index (χ1) is 11.0. The largest absolute Gasteiger partial charge is 0.507 e. The molecule has 0 bridgehead atoms. The van der Waals surface area contributed by atoms with E-state index in [2.05, 4.69) is 12.2 Å². The van der Waals surface area contributed by atoms with Crippen molar-refractivity contribution in [1.82, 2.24) is 5.32 Å². The number of amides is 1. The van der Waals surface area contributed by atoms with Crippen LogP contribution >= 0.6 is 11.6 Å². The molecule has 2 atom stereocenters. The fourth-order valence-electron chi connectivity index (χ4n) is 3.35. The van der Waals surface area contributed by atoms with Crippen LogP contribution in [0.15, 0.2) is 6.07 Å². The Kier molecular flexibility index (Phi) is 6.13. The molecule has 1 aliphatic heterocycles. The third kappa shape index (κ3) is 3.72. The lowest BCUT2D eigenvalue weighted by atomic mass is 10.0. The van der Waals surface area contributed by atoms with Crippen LogP contribution in [0.2, 0.25) is 5.02 Å². The van der Waals surface area contributed by atoms with Gasteiger partial charge in [-0.3, -0.25) is 4.79 Å². The molecule has 2 rings (SSSR count). The highest BCUT2D eigenvalue weighted by Gasteiger charge is 2.29. The lowest BCUT2D eigenvalue weighted by molar-refractivity contribution is -0.909. The van der Waals surface area contributed by atoms with Gasteiger partial charge in [0.2, 0.25) is 0 Å². The van der Waals surface area contributed by atoms with Crippen LogP contribution in [0, 0.1) is 0 Å². The maximum atomic E-state index is 12.6. The van der Waals surface area contributed by atoms with Gasteiger partial charge < -0.3 is 20.1 Å². The molecular formula is C17H26ClN2O3+. The van der Waals surface area contributed by atoms with Gasteiger partial charge in [-0.1, -0.05) is 18.5 Å². The van der Waals surface area contributed by atoms with Gasteiger partial charge in [-0.25, -0.2) is 0 Å². The number of benzene rings is 1. The van der Waals surface area contributed by atoms with E-state index >= 15 is 0 Å². The Morgan fingerprint density at radius 1 is 1.52 bits per heavy atom. The van der Waals surface area contributed by atoms with E-state index in [1.165, 1.54) is 18.4 Å². The SMILES string of the molecule is CCc1cc(Cl)c(OC)c(C(=O)NC[C@@H]2CCC[NH+]2CC)c1O. The molecule has 0 radical (unpaired) electrons. The summed E-state index contributed by atoms with van der Waals surface area (Å²) in [5.74, 6) is -0.152. The van der Waals surface area contributed by atoms with Gasteiger partial charge in [0.05, 0.1) is 31.8 Å². The molecule has 0 spiro atoms. The molecule has 0 aliphatic carbocycles. The highest BCUT2D eigenvalue weighted by atomic mass is 35.5. The Morgan fingerprint density at radius 3 is 2.87 bits per heavy atom. The maximum Gasteiger partial charge on any atom is 0.259 e. The summed E-state index contributed by atoms with van der Waals surface area (Å²) in [5.41, 5.74) is 0.774. The predicted molar refractivity (Wildman–Crippen MR) is 90.8 cm³/mol. The number of methoxy groups -OCH3 is 1. The molecule has 1 amide bonds. The molecule has 1 aromatic rings. The number of hydrogen-bond acceptors (Lipinski definition) is 3. The van der Waals surface area contributed by atoms with E-state index in [1.807, 2.05) is 6.92 Å². The number of carbonyl (C=O) groups excluding carboxylic acids is 1. The number of likely N-dealkylation sites (tertiary alicyclic amines) is 1. The van der Waals surface area contributed by atoms with Crippen molar-refractivity contribution in [2.24, 2.45) is 0 Å². The standard InChI is InChI=1S/C17H25ClN2O3/c1-4-11-9-13(18)16(23-3)14(15(11)21)17(22)19-10-12-7-6-8-20(12)5-2/h9,12,21H,4-8,10H2,1-3H3,(H,19,22)/p+1/t12-/m0/s1. The zero-order valence-electron chi connectivity index (χ0n) is 14.0. The molecule has 128 valence electrons. The molecule has 1 aliphatic rings. The molecule has 1 heterocycles. The van der Waals surface area contributed by atoms with Crippen molar-refractivity contribution < 1.29 is 19.5 Å². The monoisotopic (exact) mass is 341 g/mol.